The average Bonchev–Trinajstić information content (AvgIpc) is 3.10. The number of rotatable bonds is 12. The molecule has 2 N–H and O–H groups in total. The van der Waals surface area contributed by atoms with Crippen LogP contribution in [-0.2, 0) is 31.5 Å². The van der Waals surface area contributed by atoms with E-state index in [1.165, 1.54) is 12.1 Å². The van der Waals surface area contributed by atoms with Crippen LogP contribution >= 0.6 is 0 Å². The molecule has 2 aromatic rings. The van der Waals surface area contributed by atoms with Crippen molar-refractivity contribution in [2.45, 2.75) is 83.2 Å². The third-order valence-corrected chi connectivity index (χ3v) is 9.87. The number of piperazine rings is 1. The molecule has 0 radical (unpaired) electrons. The van der Waals surface area contributed by atoms with Crippen LogP contribution in [0.15, 0.2) is 36.7 Å². The SMILES string of the molecule is CCC(=O)N[C@@H](C(=O)N1CCN(C)CC1)[C@@H](C)c1ccc(CC(=O)[C@@H](NC(=O)C(F)(F)c2cncc(C#N)c2)C2CCC(C)CC2)c(F)c1. The summed E-state index contributed by atoms with van der Waals surface area (Å²) in [5, 5.41) is 14.2. The summed E-state index contributed by atoms with van der Waals surface area (Å²) in [4.78, 5) is 60.1. The van der Waals surface area contributed by atoms with Gasteiger partial charge in [-0.1, -0.05) is 45.7 Å². The normalized spacial score (nSPS) is 20.4. The Balaban J connectivity index is 1.54. The number of alkyl halides is 2. The molecule has 10 nitrogen and oxygen atoms in total. The van der Waals surface area contributed by atoms with Crippen LogP contribution < -0.4 is 10.6 Å². The fraction of sp³-hybridized carbons (Fsp3) is 0.556. The molecular formula is C36H45F3N6O4. The molecule has 3 amide bonds. The van der Waals surface area contributed by atoms with Crippen LogP contribution in [0.2, 0.25) is 0 Å². The largest absolute Gasteiger partial charge is 0.351 e. The van der Waals surface area contributed by atoms with E-state index in [0.717, 1.165) is 31.3 Å². The Morgan fingerprint density at radius 2 is 1.71 bits per heavy atom. The van der Waals surface area contributed by atoms with E-state index in [2.05, 4.69) is 27.4 Å². The molecule has 3 atom stereocenters. The summed E-state index contributed by atoms with van der Waals surface area (Å²) in [5.41, 5.74) is -0.462. The van der Waals surface area contributed by atoms with Gasteiger partial charge >= 0.3 is 5.92 Å². The second kappa shape index (κ2) is 16.4. The third kappa shape index (κ3) is 9.23. The number of hydrogen-bond donors (Lipinski definition) is 2. The molecule has 49 heavy (non-hydrogen) atoms. The van der Waals surface area contributed by atoms with Gasteiger partial charge in [0, 0.05) is 57.3 Å². The van der Waals surface area contributed by atoms with Gasteiger partial charge in [-0.25, -0.2) is 4.39 Å². The first-order valence-electron chi connectivity index (χ1n) is 16.9. The maximum absolute atomic E-state index is 15.7. The number of benzene rings is 1. The number of ketones is 1. The fourth-order valence-corrected chi connectivity index (χ4v) is 6.50. The van der Waals surface area contributed by atoms with Crippen LogP contribution in [0.25, 0.3) is 0 Å². The van der Waals surface area contributed by atoms with E-state index < -0.39 is 59.3 Å². The third-order valence-electron chi connectivity index (χ3n) is 9.87. The van der Waals surface area contributed by atoms with E-state index in [1.54, 1.807) is 30.9 Å². The van der Waals surface area contributed by atoms with Crippen LogP contribution in [-0.4, -0.2) is 83.6 Å². The zero-order chi connectivity index (χ0) is 35.9. The maximum Gasteiger partial charge on any atom is 0.351 e. The van der Waals surface area contributed by atoms with Gasteiger partial charge in [0.15, 0.2) is 5.78 Å². The van der Waals surface area contributed by atoms with Crippen LogP contribution in [0.3, 0.4) is 0 Å². The van der Waals surface area contributed by atoms with Gasteiger partial charge in [0.2, 0.25) is 11.8 Å². The predicted octanol–water partition coefficient (Wildman–Crippen LogP) is 4.08. The zero-order valence-corrected chi connectivity index (χ0v) is 28.5. The molecule has 1 aliphatic carbocycles. The fourth-order valence-electron chi connectivity index (χ4n) is 6.50. The first kappa shape index (κ1) is 37.5. The number of likely N-dealkylation sites (N-methyl/N-ethyl adjacent to an activating group) is 1. The van der Waals surface area contributed by atoms with Crippen molar-refractivity contribution >= 4 is 23.5 Å². The first-order chi connectivity index (χ1) is 23.2. The molecule has 1 saturated carbocycles. The molecular weight excluding hydrogens is 637 g/mol. The minimum atomic E-state index is -4.07. The number of pyridine rings is 1. The molecule has 13 heteroatoms. The second-order valence-corrected chi connectivity index (χ2v) is 13.4. The molecule has 0 unspecified atom stereocenters. The number of nitriles is 1. The van der Waals surface area contributed by atoms with Gasteiger partial charge in [0.05, 0.1) is 17.2 Å². The Labute approximate surface area is 285 Å². The highest BCUT2D eigenvalue weighted by Gasteiger charge is 2.44. The summed E-state index contributed by atoms with van der Waals surface area (Å²) < 4.78 is 46.3. The molecule has 2 heterocycles. The molecule has 2 fully saturated rings. The van der Waals surface area contributed by atoms with Gasteiger partial charge in [-0.05, 0) is 55.0 Å². The van der Waals surface area contributed by atoms with Crippen molar-refractivity contribution in [2.24, 2.45) is 11.8 Å². The topological polar surface area (TPSA) is 136 Å². The van der Waals surface area contributed by atoms with E-state index in [1.807, 2.05) is 7.05 Å². The van der Waals surface area contributed by atoms with Crippen LogP contribution in [0.1, 0.15) is 81.0 Å². The molecule has 1 aromatic carbocycles. The molecule has 0 bridgehead atoms. The first-order valence-corrected chi connectivity index (χ1v) is 16.9. The lowest BCUT2D eigenvalue weighted by atomic mass is 9.77. The standard InChI is InChI=1S/C36H45F3N6O4/c1-5-31(47)42-32(34(48)45-14-12-44(4)13-15-45)23(3)26-10-11-27(29(37)17-26)18-30(46)33(25-8-6-22(2)7-9-25)43-35(49)36(38,39)28-16-24(19-40)20-41-21-28/h10-11,16-17,20-23,25,32-33H,5-9,12-15,18H2,1-4H3,(H,42,47)(H,43,49)/t22?,23-,25?,32+,33-/m0/s1. The number of halogens is 3. The van der Waals surface area contributed by atoms with Crippen molar-refractivity contribution in [1.82, 2.24) is 25.4 Å². The number of Topliss-reactive ketones (excluding diaryl/α,β-unsaturated/α-hetero) is 1. The van der Waals surface area contributed by atoms with E-state index in [4.69, 9.17) is 5.26 Å². The van der Waals surface area contributed by atoms with Crippen LogP contribution in [0.5, 0.6) is 0 Å². The Morgan fingerprint density at radius 1 is 1.04 bits per heavy atom. The Kier molecular flexibility index (Phi) is 12.5. The van der Waals surface area contributed by atoms with Gasteiger partial charge in [0.25, 0.3) is 5.91 Å². The molecule has 4 rings (SSSR count). The molecule has 0 spiro atoms. The molecule has 1 aromatic heterocycles. The van der Waals surface area contributed by atoms with Crippen molar-refractivity contribution in [1.29, 1.82) is 5.26 Å². The van der Waals surface area contributed by atoms with Crippen molar-refractivity contribution in [3.63, 3.8) is 0 Å². The lowest BCUT2D eigenvalue weighted by molar-refractivity contribution is -0.150. The monoisotopic (exact) mass is 682 g/mol. The number of nitrogens with zero attached hydrogens (tertiary/aromatic N) is 4. The second-order valence-electron chi connectivity index (χ2n) is 13.4. The van der Waals surface area contributed by atoms with Crippen LogP contribution in [0, 0.1) is 29.0 Å². The lowest BCUT2D eigenvalue weighted by Crippen LogP contribution is -2.55. The quantitative estimate of drug-likeness (QED) is 0.345. The van der Waals surface area contributed by atoms with E-state index in [0.29, 0.717) is 50.5 Å². The number of nitrogens with one attached hydrogen (secondary N) is 2. The average molecular weight is 683 g/mol. The Hall–Kier alpha value is -4.31. The van der Waals surface area contributed by atoms with Crippen molar-refractivity contribution in [3.8, 4) is 6.07 Å². The molecule has 2 aliphatic rings. The number of amides is 3. The van der Waals surface area contributed by atoms with Crippen molar-refractivity contribution in [2.75, 3.05) is 33.2 Å². The maximum atomic E-state index is 15.7. The van der Waals surface area contributed by atoms with Gasteiger partial charge in [-0.2, -0.15) is 14.0 Å². The minimum Gasteiger partial charge on any atom is -0.344 e. The lowest BCUT2D eigenvalue weighted by Gasteiger charge is -2.36. The number of carbonyl (C=O) groups is 4. The highest BCUT2D eigenvalue weighted by molar-refractivity contribution is 5.93. The Bertz CT molecular complexity index is 1560. The molecule has 1 aliphatic heterocycles. The minimum absolute atomic E-state index is 0.0154. The highest BCUT2D eigenvalue weighted by Crippen LogP contribution is 2.34. The highest BCUT2D eigenvalue weighted by atomic mass is 19.3. The number of aromatic nitrogens is 1. The summed E-state index contributed by atoms with van der Waals surface area (Å²) in [5.74, 6) is -8.31. The summed E-state index contributed by atoms with van der Waals surface area (Å²) >= 11 is 0. The van der Waals surface area contributed by atoms with Crippen LogP contribution in [0.4, 0.5) is 13.2 Å². The Morgan fingerprint density at radius 3 is 2.33 bits per heavy atom. The summed E-state index contributed by atoms with van der Waals surface area (Å²) in [6.07, 6.45) is 4.16. The smallest absolute Gasteiger partial charge is 0.344 e. The summed E-state index contributed by atoms with van der Waals surface area (Å²) in [6, 6.07) is 4.63. The summed E-state index contributed by atoms with van der Waals surface area (Å²) in [6.45, 7) is 7.85. The van der Waals surface area contributed by atoms with E-state index in [9.17, 15) is 19.2 Å². The zero-order valence-electron chi connectivity index (χ0n) is 28.5. The van der Waals surface area contributed by atoms with Gasteiger partial charge in [-0.3, -0.25) is 24.2 Å². The predicted molar refractivity (Wildman–Crippen MR) is 176 cm³/mol. The van der Waals surface area contributed by atoms with Gasteiger partial charge < -0.3 is 20.4 Å². The van der Waals surface area contributed by atoms with E-state index >= 15 is 13.2 Å². The number of hydrogen-bond acceptors (Lipinski definition) is 7. The van der Waals surface area contributed by atoms with Gasteiger partial charge in [0.1, 0.15) is 17.9 Å². The molecule has 1 saturated heterocycles. The van der Waals surface area contributed by atoms with Gasteiger partial charge in [-0.15, -0.1) is 0 Å². The van der Waals surface area contributed by atoms with Crippen molar-refractivity contribution in [3.05, 3.63) is 64.7 Å². The number of carbonyl (C=O) groups excluding carboxylic acids is 4. The summed E-state index contributed by atoms with van der Waals surface area (Å²) in [7, 11) is 1.96. The van der Waals surface area contributed by atoms with E-state index in [-0.39, 0.29) is 29.4 Å². The molecule has 264 valence electrons. The van der Waals surface area contributed by atoms with Crippen molar-refractivity contribution < 1.29 is 32.3 Å².